The largest absolute Gasteiger partial charge is 0.464 e. The van der Waals surface area contributed by atoms with Gasteiger partial charge in [-0.25, -0.2) is 4.79 Å². The molecule has 2 N–H and O–H groups in total. The fourth-order valence-electron chi connectivity index (χ4n) is 2.01. The van der Waals surface area contributed by atoms with Gasteiger partial charge in [-0.15, -0.1) is 0 Å². The molecule has 0 radical (unpaired) electrons. The Kier molecular flexibility index (Phi) is 3.39. The molecule has 0 fully saturated rings. The van der Waals surface area contributed by atoms with E-state index >= 15 is 0 Å². The van der Waals surface area contributed by atoms with E-state index in [2.05, 4.69) is 4.98 Å². The highest BCUT2D eigenvalue weighted by Crippen LogP contribution is 2.25. The molecule has 0 spiro atoms. The fourth-order valence-corrected chi connectivity index (χ4v) is 2.01. The number of nitrogens with one attached hydrogen (secondary N) is 1. The zero-order valence-corrected chi connectivity index (χ0v) is 10.8. The Morgan fingerprint density at radius 1 is 1.44 bits per heavy atom. The van der Waals surface area contributed by atoms with Gasteiger partial charge in [0.2, 0.25) is 0 Å². The van der Waals surface area contributed by atoms with Crippen molar-refractivity contribution in [2.45, 2.75) is 26.9 Å². The Balaban J connectivity index is 2.40. The van der Waals surface area contributed by atoms with Crippen molar-refractivity contribution in [3.8, 4) is 0 Å². The lowest BCUT2D eigenvalue weighted by Crippen LogP contribution is -2.15. The van der Waals surface area contributed by atoms with E-state index < -0.39 is 12.1 Å². The van der Waals surface area contributed by atoms with Crippen molar-refractivity contribution in [1.82, 2.24) is 4.98 Å². The maximum atomic E-state index is 11.5. The lowest BCUT2D eigenvalue weighted by Gasteiger charge is -2.10. The maximum Gasteiger partial charge on any atom is 0.339 e. The van der Waals surface area contributed by atoms with Crippen LogP contribution in [0.3, 0.4) is 0 Å². The summed E-state index contributed by atoms with van der Waals surface area (Å²) >= 11 is 0. The van der Waals surface area contributed by atoms with Crippen LogP contribution in [0, 0.1) is 13.8 Å². The van der Waals surface area contributed by atoms with Gasteiger partial charge in [0.05, 0.1) is 6.61 Å². The first-order chi connectivity index (χ1) is 8.54. The minimum atomic E-state index is -1.22. The summed E-state index contributed by atoms with van der Waals surface area (Å²) in [4.78, 5) is 14.7. The van der Waals surface area contributed by atoms with Crippen LogP contribution >= 0.6 is 0 Å². The molecule has 4 nitrogen and oxygen atoms in total. The Morgan fingerprint density at radius 3 is 2.83 bits per heavy atom. The van der Waals surface area contributed by atoms with Crippen LogP contribution in [0.25, 0.3) is 10.9 Å². The first-order valence-electron chi connectivity index (χ1n) is 5.98. The number of carbonyl (C=O) groups excluding carboxylic acids is 1. The van der Waals surface area contributed by atoms with Gasteiger partial charge < -0.3 is 14.8 Å². The monoisotopic (exact) mass is 247 g/mol. The molecular weight excluding hydrogens is 230 g/mol. The van der Waals surface area contributed by atoms with Gasteiger partial charge in [-0.2, -0.15) is 0 Å². The number of aromatic nitrogens is 1. The van der Waals surface area contributed by atoms with E-state index in [9.17, 15) is 9.90 Å². The molecule has 1 atom stereocenters. The average Bonchev–Trinajstić information content (AvgIpc) is 2.64. The molecule has 0 aliphatic carbocycles. The Morgan fingerprint density at radius 2 is 2.17 bits per heavy atom. The average molecular weight is 247 g/mol. The standard InChI is InChI=1S/C14H17NO3/c1-4-18-14(17)13(16)10-5-6-12-11(7-10)8(2)9(3)15-12/h5-7,13,15-16H,4H2,1-3H3. The molecule has 96 valence electrons. The molecule has 1 unspecified atom stereocenters. The van der Waals surface area contributed by atoms with Gasteiger partial charge in [-0.3, -0.25) is 0 Å². The lowest BCUT2D eigenvalue weighted by molar-refractivity contribution is -0.153. The van der Waals surface area contributed by atoms with E-state index in [0.717, 1.165) is 22.2 Å². The van der Waals surface area contributed by atoms with Crippen molar-refractivity contribution in [2.75, 3.05) is 6.61 Å². The van der Waals surface area contributed by atoms with Crippen molar-refractivity contribution >= 4 is 16.9 Å². The third kappa shape index (κ3) is 2.11. The molecular formula is C14H17NO3. The first kappa shape index (κ1) is 12.6. The molecule has 18 heavy (non-hydrogen) atoms. The normalized spacial score (nSPS) is 12.7. The smallest absolute Gasteiger partial charge is 0.339 e. The number of esters is 1. The highest BCUT2D eigenvalue weighted by Gasteiger charge is 2.19. The predicted octanol–water partition coefficient (Wildman–Crippen LogP) is 2.38. The van der Waals surface area contributed by atoms with Gasteiger partial charge in [0.1, 0.15) is 0 Å². The lowest BCUT2D eigenvalue weighted by atomic mass is 10.1. The number of rotatable bonds is 3. The number of fused-ring (bicyclic) bond motifs is 1. The van der Waals surface area contributed by atoms with E-state index in [0.29, 0.717) is 5.56 Å². The molecule has 4 heteroatoms. The number of H-pyrrole nitrogens is 1. The van der Waals surface area contributed by atoms with Gasteiger partial charge in [-0.1, -0.05) is 6.07 Å². The number of carbonyl (C=O) groups is 1. The van der Waals surface area contributed by atoms with Crippen molar-refractivity contribution in [1.29, 1.82) is 0 Å². The van der Waals surface area contributed by atoms with Crippen molar-refractivity contribution in [3.63, 3.8) is 0 Å². The van der Waals surface area contributed by atoms with Crippen molar-refractivity contribution in [2.24, 2.45) is 0 Å². The summed E-state index contributed by atoms with van der Waals surface area (Å²) in [6.45, 7) is 5.99. The predicted molar refractivity (Wildman–Crippen MR) is 69.4 cm³/mol. The highest BCUT2D eigenvalue weighted by molar-refractivity contribution is 5.86. The van der Waals surface area contributed by atoms with Gasteiger partial charge in [0.25, 0.3) is 0 Å². The molecule has 0 aliphatic rings. The van der Waals surface area contributed by atoms with E-state index in [1.165, 1.54) is 0 Å². The minimum absolute atomic E-state index is 0.264. The minimum Gasteiger partial charge on any atom is -0.464 e. The topological polar surface area (TPSA) is 62.3 Å². The van der Waals surface area contributed by atoms with Crippen molar-refractivity contribution < 1.29 is 14.6 Å². The number of ether oxygens (including phenoxy) is 1. The zero-order chi connectivity index (χ0) is 13.3. The van der Waals surface area contributed by atoms with Crippen molar-refractivity contribution in [3.05, 3.63) is 35.0 Å². The second-order valence-electron chi connectivity index (χ2n) is 4.33. The van der Waals surface area contributed by atoms with Gasteiger partial charge >= 0.3 is 5.97 Å². The summed E-state index contributed by atoms with van der Waals surface area (Å²) in [5, 5.41) is 10.9. The number of aliphatic hydroxyl groups excluding tert-OH is 1. The van der Waals surface area contributed by atoms with Crippen LogP contribution in [0.4, 0.5) is 0 Å². The summed E-state index contributed by atoms with van der Waals surface area (Å²) in [7, 11) is 0. The Bertz CT molecular complexity index is 586. The third-order valence-electron chi connectivity index (χ3n) is 3.16. The zero-order valence-electron chi connectivity index (χ0n) is 10.8. The SMILES string of the molecule is CCOC(=O)C(O)c1ccc2[nH]c(C)c(C)c2c1. The van der Waals surface area contributed by atoms with Gasteiger partial charge in [0, 0.05) is 16.6 Å². The molecule has 0 amide bonds. The number of hydrogen-bond donors (Lipinski definition) is 2. The first-order valence-corrected chi connectivity index (χ1v) is 5.98. The van der Waals surface area contributed by atoms with Crippen LogP contribution in [-0.2, 0) is 9.53 Å². The summed E-state index contributed by atoms with van der Waals surface area (Å²) in [6, 6.07) is 5.43. The van der Waals surface area contributed by atoms with Crippen LogP contribution < -0.4 is 0 Å². The van der Waals surface area contributed by atoms with E-state index in [4.69, 9.17) is 4.74 Å². The molecule has 0 saturated heterocycles. The summed E-state index contributed by atoms with van der Waals surface area (Å²) < 4.78 is 4.81. The van der Waals surface area contributed by atoms with Crippen LogP contribution in [0.5, 0.6) is 0 Å². The molecule has 0 saturated carbocycles. The Labute approximate surface area is 106 Å². The molecule has 0 aliphatic heterocycles. The van der Waals surface area contributed by atoms with Crippen LogP contribution in [0.1, 0.15) is 29.8 Å². The summed E-state index contributed by atoms with van der Waals surface area (Å²) in [6.07, 6.45) is -1.22. The fraction of sp³-hybridized carbons (Fsp3) is 0.357. The van der Waals surface area contributed by atoms with Gasteiger partial charge in [0.15, 0.2) is 6.10 Å². The van der Waals surface area contributed by atoms with Crippen LogP contribution in [0.2, 0.25) is 0 Å². The summed E-state index contributed by atoms with van der Waals surface area (Å²) in [5.41, 5.74) is 3.78. The number of aliphatic hydroxyl groups is 1. The molecule has 1 heterocycles. The Hall–Kier alpha value is -1.81. The number of benzene rings is 1. The second-order valence-corrected chi connectivity index (χ2v) is 4.33. The molecule has 1 aromatic carbocycles. The number of hydrogen-bond acceptors (Lipinski definition) is 3. The van der Waals surface area contributed by atoms with Gasteiger partial charge in [-0.05, 0) is 44.0 Å². The van der Waals surface area contributed by atoms with Crippen LogP contribution in [-0.4, -0.2) is 22.7 Å². The van der Waals surface area contributed by atoms with E-state index in [1.807, 2.05) is 26.0 Å². The molecule has 2 rings (SSSR count). The molecule has 2 aromatic rings. The quantitative estimate of drug-likeness (QED) is 0.818. The van der Waals surface area contributed by atoms with E-state index in [-0.39, 0.29) is 6.61 Å². The highest BCUT2D eigenvalue weighted by atomic mass is 16.5. The molecule has 0 bridgehead atoms. The van der Waals surface area contributed by atoms with E-state index in [1.54, 1.807) is 13.0 Å². The number of aryl methyl sites for hydroxylation is 2. The third-order valence-corrected chi connectivity index (χ3v) is 3.16. The number of aromatic amines is 1. The molecule has 1 aromatic heterocycles. The second kappa shape index (κ2) is 4.82. The summed E-state index contributed by atoms with van der Waals surface area (Å²) in [5.74, 6) is -0.609. The maximum absolute atomic E-state index is 11.5. The van der Waals surface area contributed by atoms with Crippen LogP contribution in [0.15, 0.2) is 18.2 Å².